The highest BCUT2D eigenvalue weighted by Crippen LogP contribution is 2.26. The molecule has 0 fully saturated rings. The molecular formula is C14H20BrNO. The molecule has 0 aromatic heterocycles. The maximum absolute atomic E-state index is 5.77. The second kappa shape index (κ2) is 6.82. The van der Waals surface area contributed by atoms with E-state index in [2.05, 4.69) is 34.6 Å². The fourth-order valence-corrected chi connectivity index (χ4v) is 2.04. The fourth-order valence-electron chi connectivity index (χ4n) is 1.50. The molecule has 0 bridgehead atoms. The summed E-state index contributed by atoms with van der Waals surface area (Å²) in [5, 5.41) is 0. The molecule has 0 spiro atoms. The van der Waals surface area contributed by atoms with Crippen LogP contribution in [-0.4, -0.2) is 12.6 Å². The van der Waals surface area contributed by atoms with Gasteiger partial charge in [-0.3, -0.25) is 0 Å². The van der Waals surface area contributed by atoms with Crippen LogP contribution in [0.3, 0.4) is 0 Å². The van der Waals surface area contributed by atoms with Gasteiger partial charge in [0, 0.05) is 12.5 Å². The first-order chi connectivity index (χ1) is 7.99. The van der Waals surface area contributed by atoms with E-state index in [0.717, 1.165) is 28.6 Å². The summed E-state index contributed by atoms with van der Waals surface area (Å²) in [6.45, 7) is 8.53. The lowest BCUT2D eigenvalue weighted by molar-refractivity contribution is 0.319. The quantitative estimate of drug-likeness (QED) is 0.813. The molecule has 2 nitrogen and oxygen atoms in total. The molecule has 1 rings (SSSR count). The van der Waals surface area contributed by atoms with Crippen LogP contribution in [0.15, 0.2) is 34.8 Å². The van der Waals surface area contributed by atoms with Gasteiger partial charge in [-0.25, -0.2) is 0 Å². The van der Waals surface area contributed by atoms with Gasteiger partial charge in [-0.15, -0.1) is 6.58 Å². The van der Waals surface area contributed by atoms with E-state index in [4.69, 9.17) is 10.5 Å². The SMILES string of the molecule is C=C(C)CCOc1ccc(CC(C)N)cc1Br. The third-order valence-electron chi connectivity index (χ3n) is 2.34. The molecule has 1 aromatic carbocycles. The summed E-state index contributed by atoms with van der Waals surface area (Å²) in [6.07, 6.45) is 1.76. The lowest BCUT2D eigenvalue weighted by Gasteiger charge is -2.11. The molecule has 94 valence electrons. The molecule has 0 amide bonds. The largest absolute Gasteiger partial charge is 0.492 e. The Bertz CT molecular complexity index is 388. The van der Waals surface area contributed by atoms with Crippen molar-refractivity contribution >= 4 is 15.9 Å². The first kappa shape index (κ1) is 14.3. The summed E-state index contributed by atoms with van der Waals surface area (Å²) in [4.78, 5) is 0. The molecule has 0 saturated carbocycles. The fraction of sp³-hybridized carbons (Fsp3) is 0.429. The zero-order valence-corrected chi connectivity index (χ0v) is 12.1. The van der Waals surface area contributed by atoms with E-state index in [9.17, 15) is 0 Å². The number of hydrogen-bond donors (Lipinski definition) is 1. The van der Waals surface area contributed by atoms with Crippen LogP contribution in [0, 0.1) is 0 Å². The van der Waals surface area contributed by atoms with E-state index in [1.54, 1.807) is 0 Å². The maximum Gasteiger partial charge on any atom is 0.133 e. The van der Waals surface area contributed by atoms with Crippen molar-refractivity contribution in [3.05, 3.63) is 40.4 Å². The van der Waals surface area contributed by atoms with Gasteiger partial charge in [0.15, 0.2) is 0 Å². The minimum absolute atomic E-state index is 0.178. The van der Waals surface area contributed by atoms with Gasteiger partial charge in [0.2, 0.25) is 0 Å². The molecule has 0 heterocycles. The summed E-state index contributed by atoms with van der Waals surface area (Å²) in [6, 6.07) is 6.29. The molecule has 0 saturated heterocycles. The van der Waals surface area contributed by atoms with E-state index in [-0.39, 0.29) is 6.04 Å². The van der Waals surface area contributed by atoms with E-state index in [1.807, 2.05) is 19.9 Å². The minimum Gasteiger partial charge on any atom is -0.492 e. The van der Waals surface area contributed by atoms with Crippen LogP contribution in [0.4, 0.5) is 0 Å². The third kappa shape index (κ3) is 5.37. The zero-order chi connectivity index (χ0) is 12.8. The zero-order valence-electron chi connectivity index (χ0n) is 10.5. The Balaban J connectivity index is 2.59. The topological polar surface area (TPSA) is 35.2 Å². The Kier molecular flexibility index (Phi) is 5.72. The highest BCUT2D eigenvalue weighted by Gasteiger charge is 2.04. The molecule has 17 heavy (non-hydrogen) atoms. The van der Waals surface area contributed by atoms with Gasteiger partial charge in [0.05, 0.1) is 11.1 Å². The Labute approximate surface area is 112 Å². The number of hydrogen-bond acceptors (Lipinski definition) is 2. The highest BCUT2D eigenvalue weighted by molar-refractivity contribution is 9.10. The van der Waals surface area contributed by atoms with Gasteiger partial charge in [-0.2, -0.15) is 0 Å². The molecule has 0 aliphatic heterocycles. The first-order valence-electron chi connectivity index (χ1n) is 5.80. The number of halogens is 1. The molecule has 2 N–H and O–H groups in total. The molecule has 0 aliphatic rings. The predicted molar refractivity (Wildman–Crippen MR) is 76.4 cm³/mol. The van der Waals surface area contributed by atoms with Crippen LogP contribution >= 0.6 is 15.9 Å². The van der Waals surface area contributed by atoms with Crippen LogP contribution in [0.2, 0.25) is 0 Å². The van der Waals surface area contributed by atoms with E-state index < -0.39 is 0 Å². The van der Waals surface area contributed by atoms with Crippen molar-refractivity contribution in [1.29, 1.82) is 0 Å². The van der Waals surface area contributed by atoms with E-state index in [1.165, 1.54) is 5.56 Å². The Morgan fingerprint density at radius 3 is 2.76 bits per heavy atom. The Hall–Kier alpha value is -0.800. The van der Waals surface area contributed by atoms with Crippen molar-refractivity contribution in [3.8, 4) is 5.75 Å². The molecule has 0 radical (unpaired) electrons. The van der Waals surface area contributed by atoms with Crippen LogP contribution in [0.25, 0.3) is 0 Å². The van der Waals surface area contributed by atoms with Crippen LogP contribution in [0.5, 0.6) is 5.75 Å². The van der Waals surface area contributed by atoms with Gasteiger partial charge in [0.25, 0.3) is 0 Å². The smallest absolute Gasteiger partial charge is 0.133 e. The standard InChI is InChI=1S/C14H20BrNO/c1-10(2)6-7-17-14-5-4-12(8-11(3)16)9-13(14)15/h4-5,9,11H,1,6-8,16H2,2-3H3. The van der Waals surface area contributed by atoms with Crippen molar-refractivity contribution in [2.75, 3.05) is 6.61 Å². The van der Waals surface area contributed by atoms with Crippen molar-refractivity contribution in [2.24, 2.45) is 5.73 Å². The highest BCUT2D eigenvalue weighted by atomic mass is 79.9. The van der Waals surface area contributed by atoms with Crippen molar-refractivity contribution in [2.45, 2.75) is 32.7 Å². The molecule has 3 heteroatoms. The van der Waals surface area contributed by atoms with Gasteiger partial charge >= 0.3 is 0 Å². The second-order valence-corrected chi connectivity index (χ2v) is 5.36. The van der Waals surface area contributed by atoms with Crippen molar-refractivity contribution in [1.82, 2.24) is 0 Å². The lowest BCUT2D eigenvalue weighted by Crippen LogP contribution is -2.17. The van der Waals surface area contributed by atoms with Crippen molar-refractivity contribution < 1.29 is 4.74 Å². The summed E-state index contributed by atoms with van der Waals surface area (Å²) >= 11 is 3.52. The normalized spacial score (nSPS) is 12.2. The number of rotatable bonds is 6. The number of nitrogens with two attached hydrogens (primary N) is 1. The van der Waals surface area contributed by atoms with E-state index in [0.29, 0.717) is 6.61 Å². The Morgan fingerprint density at radius 1 is 1.53 bits per heavy atom. The Morgan fingerprint density at radius 2 is 2.24 bits per heavy atom. The van der Waals surface area contributed by atoms with Crippen LogP contribution < -0.4 is 10.5 Å². The van der Waals surface area contributed by atoms with Gasteiger partial charge in [-0.1, -0.05) is 11.6 Å². The van der Waals surface area contributed by atoms with Crippen LogP contribution in [-0.2, 0) is 6.42 Å². The number of ether oxygens (including phenoxy) is 1. The molecular weight excluding hydrogens is 278 g/mol. The van der Waals surface area contributed by atoms with E-state index >= 15 is 0 Å². The monoisotopic (exact) mass is 297 g/mol. The van der Waals surface area contributed by atoms with Crippen molar-refractivity contribution in [3.63, 3.8) is 0 Å². The average molecular weight is 298 g/mol. The molecule has 1 atom stereocenters. The summed E-state index contributed by atoms with van der Waals surface area (Å²) in [5.74, 6) is 0.875. The third-order valence-corrected chi connectivity index (χ3v) is 2.96. The van der Waals surface area contributed by atoms with Gasteiger partial charge in [0.1, 0.15) is 5.75 Å². The maximum atomic E-state index is 5.77. The summed E-state index contributed by atoms with van der Waals surface area (Å²) in [7, 11) is 0. The summed E-state index contributed by atoms with van der Waals surface area (Å²) < 4.78 is 6.65. The summed E-state index contributed by atoms with van der Waals surface area (Å²) in [5.41, 5.74) is 8.13. The minimum atomic E-state index is 0.178. The predicted octanol–water partition coefficient (Wildman–Crippen LogP) is 3.68. The van der Waals surface area contributed by atoms with Crippen LogP contribution in [0.1, 0.15) is 25.8 Å². The molecule has 0 aliphatic carbocycles. The first-order valence-corrected chi connectivity index (χ1v) is 6.59. The second-order valence-electron chi connectivity index (χ2n) is 4.50. The number of benzene rings is 1. The molecule has 1 unspecified atom stereocenters. The average Bonchev–Trinajstić information content (AvgIpc) is 2.20. The molecule has 1 aromatic rings. The van der Waals surface area contributed by atoms with Gasteiger partial charge in [-0.05, 0) is 53.9 Å². The lowest BCUT2D eigenvalue weighted by atomic mass is 10.1. The van der Waals surface area contributed by atoms with Gasteiger partial charge < -0.3 is 10.5 Å².